The van der Waals surface area contributed by atoms with Crippen molar-refractivity contribution in [3.05, 3.63) is 63.1 Å². The molecule has 0 aliphatic rings. The molecular weight excluding hydrogens is 347 g/mol. The highest BCUT2D eigenvalue weighted by molar-refractivity contribution is 6.42. The van der Waals surface area contributed by atoms with E-state index in [9.17, 15) is 0 Å². The number of methoxy groups -OCH3 is 1. The van der Waals surface area contributed by atoms with Gasteiger partial charge < -0.3 is 9.47 Å². The van der Waals surface area contributed by atoms with Crippen molar-refractivity contribution >= 4 is 29.3 Å². The molecule has 6 heteroatoms. The molecule has 4 nitrogen and oxygen atoms in total. The molecule has 120 valence electrons. The van der Waals surface area contributed by atoms with Crippen LogP contribution in [0.4, 0.5) is 0 Å². The van der Waals surface area contributed by atoms with E-state index >= 15 is 0 Å². The number of rotatable bonds is 5. The van der Waals surface area contributed by atoms with Gasteiger partial charge in [-0.05, 0) is 29.8 Å². The van der Waals surface area contributed by atoms with E-state index in [1.165, 1.54) is 13.2 Å². The molecule has 2 aromatic carbocycles. The molecule has 0 spiro atoms. The quantitative estimate of drug-likeness (QED) is 0.704. The number of nitrogens with zero attached hydrogens (tertiary/aromatic N) is 2. The van der Waals surface area contributed by atoms with Gasteiger partial charge in [-0.15, -0.1) is 0 Å². The lowest BCUT2D eigenvalue weighted by molar-refractivity contribution is 0.284. The fourth-order valence-electron chi connectivity index (χ4n) is 1.99. The Morgan fingerprint density at radius 3 is 2.50 bits per heavy atom. The number of benzene rings is 2. The van der Waals surface area contributed by atoms with Gasteiger partial charge in [-0.25, -0.2) is 0 Å². The van der Waals surface area contributed by atoms with Crippen LogP contribution >= 0.6 is 23.2 Å². The maximum atomic E-state index is 8.93. The van der Waals surface area contributed by atoms with E-state index in [2.05, 4.69) is 0 Å². The smallest absolute Gasteiger partial charge is 0.168 e. The summed E-state index contributed by atoms with van der Waals surface area (Å²) in [6, 6.07) is 14.1. The first-order valence-electron chi connectivity index (χ1n) is 6.84. The Hall–Kier alpha value is -2.66. The summed E-state index contributed by atoms with van der Waals surface area (Å²) in [6.45, 7) is 0.229. The zero-order valence-electron chi connectivity index (χ0n) is 12.7. The summed E-state index contributed by atoms with van der Waals surface area (Å²) >= 11 is 11.9. The first-order valence-corrected chi connectivity index (χ1v) is 7.60. The predicted octanol–water partition coefficient (Wildman–Crippen LogP) is 5.01. The first kappa shape index (κ1) is 17.7. The number of para-hydroxylation sites is 1. The average molecular weight is 359 g/mol. The van der Waals surface area contributed by atoms with Gasteiger partial charge in [-0.1, -0.05) is 41.4 Å². The Morgan fingerprint density at radius 2 is 1.88 bits per heavy atom. The largest absolute Gasteiger partial charge is 0.493 e. The lowest BCUT2D eigenvalue weighted by Crippen LogP contribution is -2.00. The van der Waals surface area contributed by atoms with E-state index in [4.69, 9.17) is 43.2 Å². The van der Waals surface area contributed by atoms with E-state index in [-0.39, 0.29) is 12.2 Å². The Morgan fingerprint density at radius 1 is 1.12 bits per heavy atom. The van der Waals surface area contributed by atoms with E-state index in [1.807, 2.05) is 12.1 Å². The van der Waals surface area contributed by atoms with Crippen LogP contribution in [0.15, 0.2) is 42.0 Å². The van der Waals surface area contributed by atoms with Gasteiger partial charge in [0.1, 0.15) is 24.3 Å². The Kier molecular flexibility index (Phi) is 6.09. The fourth-order valence-corrected chi connectivity index (χ4v) is 2.31. The summed E-state index contributed by atoms with van der Waals surface area (Å²) in [5.74, 6) is 0.938. The highest BCUT2D eigenvalue weighted by atomic mass is 35.5. The van der Waals surface area contributed by atoms with Crippen molar-refractivity contribution in [2.45, 2.75) is 6.61 Å². The van der Waals surface area contributed by atoms with Gasteiger partial charge in [-0.3, -0.25) is 0 Å². The SMILES string of the molecule is COc1cccc(C=C(C#N)C#N)c1OCc1ccc(Cl)c(Cl)c1. The van der Waals surface area contributed by atoms with Gasteiger partial charge >= 0.3 is 0 Å². The molecule has 0 N–H and O–H groups in total. The van der Waals surface area contributed by atoms with Crippen LogP contribution in [0.5, 0.6) is 11.5 Å². The molecule has 0 aliphatic heterocycles. The number of hydrogen-bond donors (Lipinski definition) is 0. The van der Waals surface area contributed by atoms with Crippen molar-refractivity contribution in [3.63, 3.8) is 0 Å². The zero-order chi connectivity index (χ0) is 17.5. The molecule has 0 unspecified atom stereocenters. The minimum atomic E-state index is -0.0253. The summed E-state index contributed by atoms with van der Waals surface area (Å²) in [4.78, 5) is 0. The van der Waals surface area contributed by atoms with Gasteiger partial charge in [0.05, 0.1) is 17.2 Å². The molecule has 0 saturated heterocycles. The van der Waals surface area contributed by atoms with Crippen LogP contribution < -0.4 is 9.47 Å². The van der Waals surface area contributed by atoms with Crippen molar-refractivity contribution in [1.82, 2.24) is 0 Å². The van der Waals surface area contributed by atoms with Crippen LogP contribution in [0.3, 0.4) is 0 Å². The summed E-state index contributed by atoms with van der Waals surface area (Å²) in [7, 11) is 1.52. The van der Waals surface area contributed by atoms with Gasteiger partial charge in [0.25, 0.3) is 0 Å². The van der Waals surface area contributed by atoms with Crippen LogP contribution in [0.1, 0.15) is 11.1 Å². The van der Waals surface area contributed by atoms with Crippen molar-refractivity contribution in [3.8, 4) is 23.6 Å². The maximum absolute atomic E-state index is 8.93. The molecule has 0 saturated carbocycles. The molecule has 2 rings (SSSR count). The minimum absolute atomic E-state index is 0.0253. The van der Waals surface area contributed by atoms with Gasteiger partial charge in [0.15, 0.2) is 11.5 Å². The second-order valence-corrected chi connectivity index (χ2v) is 5.51. The maximum Gasteiger partial charge on any atom is 0.168 e. The monoisotopic (exact) mass is 358 g/mol. The Balaban J connectivity index is 2.34. The number of halogens is 2. The third-order valence-electron chi connectivity index (χ3n) is 3.14. The highest BCUT2D eigenvalue weighted by Gasteiger charge is 2.11. The summed E-state index contributed by atoms with van der Waals surface area (Å²) < 4.78 is 11.1. The van der Waals surface area contributed by atoms with Crippen molar-refractivity contribution in [2.75, 3.05) is 7.11 Å². The van der Waals surface area contributed by atoms with Crippen molar-refractivity contribution in [2.24, 2.45) is 0 Å². The van der Waals surface area contributed by atoms with E-state index in [0.29, 0.717) is 27.1 Å². The summed E-state index contributed by atoms with van der Waals surface area (Å²) in [5.41, 5.74) is 1.38. The van der Waals surface area contributed by atoms with Gasteiger partial charge in [-0.2, -0.15) is 10.5 Å². The normalized spacial score (nSPS) is 9.54. The van der Waals surface area contributed by atoms with Gasteiger partial charge in [0.2, 0.25) is 0 Å². The molecule has 0 bridgehead atoms. The van der Waals surface area contributed by atoms with E-state index < -0.39 is 0 Å². The van der Waals surface area contributed by atoms with Crippen LogP contribution in [0.25, 0.3) is 6.08 Å². The molecule has 0 heterocycles. The molecule has 0 aromatic heterocycles. The Labute approximate surface area is 150 Å². The highest BCUT2D eigenvalue weighted by Crippen LogP contribution is 2.33. The molecule has 0 amide bonds. The molecule has 2 aromatic rings. The number of nitriles is 2. The second kappa shape index (κ2) is 8.26. The molecule has 24 heavy (non-hydrogen) atoms. The third-order valence-corrected chi connectivity index (χ3v) is 3.88. The average Bonchev–Trinajstić information content (AvgIpc) is 2.60. The topological polar surface area (TPSA) is 66.0 Å². The number of hydrogen-bond acceptors (Lipinski definition) is 4. The lowest BCUT2D eigenvalue weighted by Gasteiger charge is -2.13. The standard InChI is InChI=1S/C18H12Cl2N2O2/c1-23-17-4-2-3-14(7-13(9-21)10-22)18(17)24-11-12-5-6-15(19)16(20)8-12/h2-8H,11H2,1H3. The number of ether oxygens (including phenoxy) is 2. The van der Waals surface area contributed by atoms with Crippen molar-refractivity contribution in [1.29, 1.82) is 10.5 Å². The summed E-state index contributed by atoms with van der Waals surface area (Å²) in [6.07, 6.45) is 1.45. The number of allylic oxidation sites excluding steroid dienone is 1. The Bertz CT molecular complexity index is 848. The molecule has 0 radical (unpaired) electrons. The lowest BCUT2D eigenvalue weighted by atomic mass is 10.1. The molecule has 0 atom stereocenters. The second-order valence-electron chi connectivity index (χ2n) is 4.70. The molecular formula is C18H12Cl2N2O2. The van der Waals surface area contributed by atoms with Crippen LogP contribution in [0, 0.1) is 22.7 Å². The zero-order valence-corrected chi connectivity index (χ0v) is 14.2. The van der Waals surface area contributed by atoms with Gasteiger partial charge in [0, 0.05) is 5.56 Å². The first-order chi connectivity index (χ1) is 11.6. The fraction of sp³-hybridized carbons (Fsp3) is 0.111. The minimum Gasteiger partial charge on any atom is -0.493 e. The van der Waals surface area contributed by atoms with Crippen molar-refractivity contribution < 1.29 is 9.47 Å². The predicted molar refractivity (Wildman–Crippen MR) is 93.0 cm³/mol. The van der Waals surface area contributed by atoms with E-state index in [1.54, 1.807) is 36.4 Å². The van der Waals surface area contributed by atoms with E-state index in [0.717, 1.165) is 5.56 Å². The summed E-state index contributed by atoms with van der Waals surface area (Å²) in [5, 5.41) is 18.8. The van der Waals surface area contributed by atoms with Crippen LogP contribution in [-0.2, 0) is 6.61 Å². The van der Waals surface area contributed by atoms with Crippen LogP contribution in [0.2, 0.25) is 10.0 Å². The van der Waals surface area contributed by atoms with Crippen LogP contribution in [-0.4, -0.2) is 7.11 Å². The molecule has 0 aliphatic carbocycles. The molecule has 0 fully saturated rings. The third kappa shape index (κ3) is 4.20.